The van der Waals surface area contributed by atoms with E-state index >= 15 is 0 Å². The van der Waals surface area contributed by atoms with Crippen LogP contribution in [0.15, 0.2) is 0 Å². The Labute approximate surface area is 86.5 Å². The number of nitrogens with one attached hydrogen (secondary N) is 1. The van der Waals surface area contributed by atoms with Crippen LogP contribution in [0.3, 0.4) is 0 Å². The summed E-state index contributed by atoms with van der Waals surface area (Å²) >= 11 is 0. The Morgan fingerprint density at radius 1 is 1.21 bits per heavy atom. The standard InChI is InChI=1S/C12H21NO/c1-12(2)5-3-9(4-6-12)10-7-11(14)13-8-10/h9-10H,3-8H2,1-2H3,(H,13,14)/t10-/m0/s1. The molecule has 0 bridgehead atoms. The molecule has 0 unspecified atom stereocenters. The highest BCUT2D eigenvalue weighted by molar-refractivity contribution is 5.78. The zero-order valence-electron chi connectivity index (χ0n) is 9.31. The van der Waals surface area contributed by atoms with Crippen molar-refractivity contribution < 1.29 is 4.79 Å². The zero-order chi connectivity index (χ0) is 10.2. The fraction of sp³-hybridized carbons (Fsp3) is 0.917. The van der Waals surface area contributed by atoms with Gasteiger partial charge in [0.2, 0.25) is 5.91 Å². The first-order valence-corrected chi connectivity index (χ1v) is 5.83. The van der Waals surface area contributed by atoms with Crippen molar-refractivity contribution in [3.05, 3.63) is 0 Å². The second-order valence-electron chi connectivity index (χ2n) is 5.77. The Kier molecular flexibility index (Phi) is 2.54. The first-order chi connectivity index (χ1) is 6.57. The molecule has 1 N–H and O–H groups in total. The minimum Gasteiger partial charge on any atom is -0.356 e. The lowest BCUT2D eigenvalue weighted by Gasteiger charge is -2.36. The lowest BCUT2D eigenvalue weighted by molar-refractivity contribution is -0.119. The van der Waals surface area contributed by atoms with Gasteiger partial charge in [0.25, 0.3) is 0 Å². The molecule has 1 atom stereocenters. The molecule has 1 saturated heterocycles. The first kappa shape index (κ1) is 10.0. The quantitative estimate of drug-likeness (QED) is 0.683. The third-order valence-electron chi connectivity index (χ3n) is 4.06. The van der Waals surface area contributed by atoms with Gasteiger partial charge in [-0.25, -0.2) is 0 Å². The number of carbonyl (C=O) groups excluding carboxylic acids is 1. The average molecular weight is 195 g/mol. The van der Waals surface area contributed by atoms with Crippen molar-refractivity contribution in [1.29, 1.82) is 0 Å². The molecule has 1 heterocycles. The van der Waals surface area contributed by atoms with Crippen LogP contribution in [0.25, 0.3) is 0 Å². The molecule has 1 amide bonds. The monoisotopic (exact) mass is 195 g/mol. The Morgan fingerprint density at radius 3 is 2.36 bits per heavy atom. The predicted molar refractivity (Wildman–Crippen MR) is 56.9 cm³/mol. The largest absolute Gasteiger partial charge is 0.356 e. The molecule has 0 aromatic rings. The summed E-state index contributed by atoms with van der Waals surface area (Å²) < 4.78 is 0. The molecule has 2 nitrogen and oxygen atoms in total. The van der Waals surface area contributed by atoms with Crippen LogP contribution in [-0.4, -0.2) is 12.5 Å². The third kappa shape index (κ3) is 2.10. The van der Waals surface area contributed by atoms with Crippen molar-refractivity contribution >= 4 is 5.91 Å². The number of hydrogen-bond acceptors (Lipinski definition) is 1. The van der Waals surface area contributed by atoms with Crippen molar-refractivity contribution in [2.24, 2.45) is 17.3 Å². The van der Waals surface area contributed by atoms with Crippen molar-refractivity contribution in [2.45, 2.75) is 46.0 Å². The lowest BCUT2D eigenvalue weighted by atomic mass is 9.69. The van der Waals surface area contributed by atoms with Crippen molar-refractivity contribution in [2.75, 3.05) is 6.54 Å². The molecular formula is C12H21NO. The average Bonchev–Trinajstić information content (AvgIpc) is 2.52. The molecule has 0 spiro atoms. The van der Waals surface area contributed by atoms with Crippen LogP contribution in [0, 0.1) is 17.3 Å². The van der Waals surface area contributed by atoms with Gasteiger partial charge in [0.05, 0.1) is 0 Å². The van der Waals surface area contributed by atoms with E-state index in [-0.39, 0.29) is 5.91 Å². The molecular weight excluding hydrogens is 174 g/mol. The molecule has 80 valence electrons. The number of hydrogen-bond donors (Lipinski definition) is 1. The highest BCUT2D eigenvalue weighted by atomic mass is 16.1. The summed E-state index contributed by atoms with van der Waals surface area (Å²) in [5, 5.41) is 2.95. The minimum atomic E-state index is 0.264. The van der Waals surface area contributed by atoms with E-state index in [0.29, 0.717) is 11.3 Å². The van der Waals surface area contributed by atoms with E-state index in [2.05, 4.69) is 19.2 Å². The maximum atomic E-state index is 11.1. The molecule has 2 aliphatic rings. The highest BCUT2D eigenvalue weighted by Crippen LogP contribution is 2.41. The van der Waals surface area contributed by atoms with E-state index < -0.39 is 0 Å². The van der Waals surface area contributed by atoms with E-state index in [0.717, 1.165) is 18.9 Å². The summed E-state index contributed by atoms with van der Waals surface area (Å²) in [6.45, 7) is 5.66. The number of amides is 1. The summed E-state index contributed by atoms with van der Waals surface area (Å²) in [6, 6.07) is 0. The van der Waals surface area contributed by atoms with Crippen LogP contribution in [0.2, 0.25) is 0 Å². The van der Waals surface area contributed by atoms with Crippen LogP contribution in [0.4, 0.5) is 0 Å². The predicted octanol–water partition coefficient (Wildman–Crippen LogP) is 2.34. The molecule has 14 heavy (non-hydrogen) atoms. The Bertz CT molecular complexity index is 224. The van der Waals surface area contributed by atoms with Crippen LogP contribution in [-0.2, 0) is 4.79 Å². The van der Waals surface area contributed by atoms with E-state index in [1.54, 1.807) is 0 Å². The van der Waals surface area contributed by atoms with Gasteiger partial charge in [-0.15, -0.1) is 0 Å². The SMILES string of the molecule is CC1(C)CCC([C@@H]2CNC(=O)C2)CC1. The normalized spacial score (nSPS) is 33.0. The van der Waals surface area contributed by atoms with E-state index in [4.69, 9.17) is 0 Å². The molecule has 0 aromatic carbocycles. The summed E-state index contributed by atoms with van der Waals surface area (Å²) in [5.41, 5.74) is 0.548. The van der Waals surface area contributed by atoms with Crippen LogP contribution < -0.4 is 5.32 Å². The summed E-state index contributed by atoms with van der Waals surface area (Å²) in [5.74, 6) is 1.71. The second-order valence-corrected chi connectivity index (χ2v) is 5.77. The van der Waals surface area contributed by atoms with E-state index in [1.165, 1.54) is 25.7 Å². The van der Waals surface area contributed by atoms with E-state index in [9.17, 15) is 4.79 Å². The van der Waals surface area contributed by atoms with Crippen molar-refractivity contribution in [1.82, 2.24) is 5.32 Å². The highest BCUT2D eigenvalue weighted by Gasteiger charge is 2.34. The lowest BCUT2D eigenvalue weighted by Crippen LogP contribution is -2.27. The number of carbonyl (C=O) groups is 1. The fourth-order valence-corrected chi connectivity index (χ4v) is 2.85. The minimum absolute atomic E-state index is 0.264. The van der Waals surface area contributed by atoms with Crippen LogP contribution in [0.5, 0.6) is 0 Å². The van der Waals surface area contributed by atoms with Crippen molar-refractivity contribution in [3.63, 3.8) is 0 Å². The summed E-state index contributed by atoms with van der Waals surface area (Å²) in [6.07, 6.45) is 6.11. The van der Waals surface area contributed by atoms with E-state index in [1.807, 2.05) is 0 Å². The molecule has 0 aromatic heterocycles. The second kappa shape index (κ2) is 3.56. The van der Waals surface area contributed by atoms with Gasteiger partial charge in [0.1, 0.15) is 0 Å². The van der Waals surface area contributed by atoms with Crippen molar-refractivity contribution in [3.8, 4) is 0 Å². The fourth-order valence-electron chi connectivity index (χ4n) is 2.85. The molecule has 2 rings (SSSR count). The van der Waals surface area contributed by atoms with Crippen LogP contribution >= 0.6 is 0 Å². The molecule has 1 aliphatic heterocycles. The van der Waals surface area contributed by atoms with Gasteiger partial charge in [-0.1, -0.05) is 13.8 Å². The van der Waals surface area contributed by atoms with Gasteiger partial charge in [-0.3, -0.25) is 4.79 Å². The van der Waals surface area contributed by atoms with Gasteiger partial charge >= 0.3 is 0 Å². The Hall–Kier alpha value is -0.530. The summed E-state index contributed by atoms with van der Waals surface area (Å²) in [4.78, 5) is 11.1. The topological polar surface area (TPSA) is 29.1 Å². The zero-order valence-corrected chi connectivity index (χ0v) is 9.31. The maximum Gasteiger partial charge on any atom is 0.220 e. The smallest absolute Gasteiger partial charge is 0.220 e. The number of rotatable bonds is 1. The molecule has 2 heteroatoms. The first-order valence-electron chi connectivity index (χ1n) is 5.83. The van der Waals surface area contributed by atoms with Gasteiger partial charge in [-0.05, 0) is 42.9 Å². The molecule has 2 fully saturated rings. The maximum absolute atomic E-state index is 11.1. The van der Waals surface area contributed by atoms with Gasteiger partial charge in [0, 0.05) is 13.0 Å². The van der Waals surface area contributed by atoms with Gasteiger partial charge < -0.3 is 5.32 Å². The third-order valence-corrected chi connectivity index (χ3v) is 4.06. The Morgan fingerprint density at radius 2 is 1.86 bits per heavy atom. The Balaban J connectivity index is 1.86. The molecule has 1 saturated carbocycles. The van der Waals surface area contributed by atoms with Crippen LogP contribution in [0.1, 0.15) is 46.0 Å². The van der Waals surface area contributed by atoms with Gasteiger partial charge in [-0.2, -0.15) is 0 Å². The summed E-state index contributed by atoms with van der Waals surface area (Å²) in [7, 11) is 0. The molecule has 0 radical (unpaired) electrons. The molecule has 1 aliphatic carbocycles. The van der Waals surface area contributed by atoms with Gasteiger partial charge in [0.15, 0.2) is 0 Å².